The van der Waals surface area contributed by atoms with Crippen molar-refractivity contribution < 1.29 is 34.8 Å². The van der Waals surface area contributed by atoms with Crippen molar-refractivity contribution in [2.24, 2.45) is 0 Å². The van der Waals surface area contributed by atoms with Crippen LogP contribution in [0.4, 0.5) is 37.8 Å². The van der Waals surface area contributed by atoms with Gasteiger partial charge in [-0.3, -0.25) is 4.72 Å². The van der Waals surface area contributed by atoms with E-state index < -0.39 is 27.5 Å². The Morgan fingerprint density at radius 3 is 2.19 bits per heavy atom. The zero-order valence-corrected chi connectivity index (χ0v) is 19.4. The highest BCUT2D eigenvalue weighted by Gasteiger charge is 2.46. The van der Waals surface area contributed by atoms with Gasteiger partial charge >= 0.3 is 21.7 Å². The molecule has 0 bridgehead atoms. The second-order valence-corrected chi connectivity index (χ2v) is 9.85. The second kappa shape index (κ2) is 9.60. The van der Waals surface area contributed by atoms with Crippen LogP contribution in [-0.2, 0) is 35.6 Å². The van der Waals surface area contributed by atoms with Crippen molar-refractivity contribution in [2.45, 2.75) is 43.9 Å². The van der Waals surface area contributed by atoms with E-state index in [9.17, 15) is 34.8 Å². The molecule has 1 aliphatic rings. The normalized spacial score (nSPS) is 14.3. The van der Waals surface area contributed by atoms with Gasteiger partial charge in [-0.2, -0.15) is 34.8 Å². The predicted molar refractivity (Wildman–Crippen MR) is 121 cm³/mol. The Kier molecular flexibility index (Phi) is 6.86. The maximum atomic E-state index is 13.2. The van der Waals surface area contributed by atoms with Crippen molar-refractivity contribution in [3.05, 3.63) is 71.2 Å². The number of fused-ring (bicyclic) bond motifs is 1. The van der Waals surface area contributed by atoms with Crippen LogP contribution in [-0.4, -0.2) is 23.9 Å². The van der Waals surface area contributed by atoms with Gasteiger partial charge in [-0.05, 0) is 42.9 Å². The number of hydrogen-bond acceptors (Lipinski definition) is 5. The van der Waals surface area contributed by atoms with Crippen LogP contribution in [0.15, 0.2) is 48.5 Å². The number of aromatic nitrogens is 2. The molecule has 192 valence electrons. The highest BCUT2D eigenvalue weighted by molar-refractivity contribution is 7.93. The molecule has 0 aliphatic heterocycles. The summed E-state index contributed by atoms with van der Waals surface area (Å²) < 4.78 is 103. The molecular weight excluding hydrogens is 510 g/mol. The molecule has 3 aromatic rings. The minimum absolute atomic E-state index is 0.128. The summed E-state index contributed by atoms with van der Waals surface area (Å²) in [6.45, 7) is 0.142. The van der Waals surface area contributed by atoms with Crippen LogP contribution < -0.4 is 10.0 Å². The maximum absolute atomic E-state index is 13.2. The second-order valence-electron chi connectivity index (χ2n) is 8.17. The summed E-state index contributed by atoms with van der Waals surface area (Å²) in [5.41, 5.74) is -3.32. The van der Waals surface area contributed by atoms with E-state index in [4.69, 9.17) is 0 Å². The number of rotatable bonds is 6. The molecule has 0 unspecified atom stereocenters. The fourth-order valence-corrected chi connectivity index (χ4v) is 4.46. The molecule has 0 atom stereocenters. The van der Waals surface area contributed by atoms with E-state index in [1.165, 1.54) is 18.2 Å². The molecular formula is C23H20F6N4O2S. The van der Waals surface area contributed by atoms with Crippen molar-refractivity contribution >= 4 is 21.5 Å². The molecule has 0 saturated carbocycles. The lowest BCUT2D eigenvalue weighted by Gasteiger charge is -2.20. The first-order chi connectivity index (χ1) is 16.8. The molecule has 0 saturated heterocycles. The van der Waals surface area contributed by atoms with Crippen LogP contribution >= 0.6 is 0 Å². The molecule has 13 heteroatoms. The average Bonchev–Trinajstić information content (AvgIpc) is 2.81. The number of sulfonamides is 1. The van der Waals surface area contributed by atoms with Crippen LogP contribution in [0.5, 0.6) is 0 Å². The molecule has 0 fully saturated rings. The third-order valence-electron chi connectivity index (χ3n) is 5.64. The van der Waals surface area contributed by atoms with Crippen molar-refractivity contribution in [1.82, 2.24) is 9.97 Å². The SMILES string of the molecule is O=S(=O)(Nc1ccccc1-c1ccc(CNc2nc(C(F)(F)F)nc3c2CCCC3)cc1)C(F)(F)F. The molecule has 6 nitrogen and oxygen atoms in total. The molecule has 36 heavy (non-hydrogen) atoms. The topological polar surface area (TPSA) is 84.0 Å². The van der Waals surface area contributed by atoms with E-state index in [0.29, 0.717) is 35.2 Å². The van der Waals surface area contributed by atoms with Crippen molar-refractivity contribution in [2.75, 3.05) is 10.0 Å². The number of hydrogen-bond donors (Lipinski definition) is 2. The average molecular weight is 530 g/mol. The molecule has 0 radical (unpaired) electrons. The van der Waals surface area contributed by atoms with Crippen molar-refractivity contribution in [3.8, 4) is 11.1 Å². The lowest BCUT2D eigenvalue weighted by atomic mass is 9.96. The number of anilines is 2. The number of alkyl halides is 6. The summed E-state index contributed by atoms with van der Waals surface area (Å²) in [6, 6.07) is 12.0. The first-order valence-corrected chi connectivity index (χ1v) is 12.3. The number of aryl methyl sites for hydroxylation is 1. The van der Waals surface area contributed by atoms with E-state index in [2.05, 4.69) is 15.3 Å². The Hall–Kier alpha value is -3.35. The zero-order valence-electron chi connectivity index (χ0n) is 18.5. The monoisotopic (exact) mass is 530 g/mol. The van der Waals surface area contributed by atoms with E-state index in [0.717, 1.165) is 12.8 Å². The molecule has 1 aromatic heterocycles. The van der Waals surface area contributed by atoms with Gasteiger partial charge in [-0.25, -0.2) is 9.97 Å². The Morgan fingerprint density at radius 1 is 0.861 bits per heavy atom. The third-order valence-corrected chi connectivity index (χ3v) is 6.74. The largest absolute Gasteiger partial charge is 0.516 e. The van der Waals surface area contributed by atoms with Gasteiger partial charge in [0.2, 0.25) is 5.82 Å². The molecule has 2 aromatic carbocycles. The highest BCUT2D eigenvalue weighted by atomic mass is 32.2. The van der Waals surface area contributed by atoms with E-state index in [-0.39, 0.29) is 23.6 Å². The van der Waals surface area contributed by atoms with Gasteiger partial charge in [0, 0.05) is 23.4 Å². The number of benzene rings is 2. The quantitative estimate of drug-likeness (QED) is 0.387. The summed E-state index contributed by atoms with van der Waals surface area (Å²) >= 11 is 0. The lowest BCUT2D eigenvalue weighted by molar-refractivity contribution is -0.145. The number of halogens is 6. The number of nitrogens with one attached hydrogen (secondary N) is 2. The Bertz CT molecular complexity index is 1360. The molecule has 1 heterocycles. The van der Waals surface area contributed by atoms with E-state index in [1.807, 2.05) is 0 Å². The molecule has 1 aliphatic carbocycles. The van der Waals surface area contributed by atoms with Gasteiger partial charge in [0.05, 0.1) is 5.69 Å². The Labute approximate surface area is 202 Å². The van der Waals surface area contributed by atoms with Crippen LogP contribution in [0.3, 0.4) is 0 Å². The molecule has 0 amide bonds. The Balaban J connectivity index is 1.55. The van der Waals surface area contributed by atoms with Gasteiger partial charge in [0.15, 0.2) is 0 Å². The summed E-state index contributed by atoms with van der Waals surface area (Å²) in [4.78, 5) is 7.40. The van der Waals surface area contributed by atoms with E-state index in [1.54, 1.807) is 35.1 Å². The standard InChI is InChI=1S/C23H20F6N4O2S/c24-22(25,26)21-31-18-7-3-2-6-17(18)20(32-21)30-13-14-9-11-15(12-10-14)16-5-1-4-8-19(16)33-36(34,35)23(27,28)29/h1,4-5,8-12,33H,2-3,6-7,13H2,(H,30,31,32). The van der Waals surface area contributed by atoms with Crippen molar-refractivity contribution in [3.63, 3.8) is 0 Å². The van der Waals surface area contributed by atoms with Crippen molar-refractivity contribution in [1.29, 1.82) is 0 Å². The molecule has 2 N–H and O–H groups in total. The van der Waals surface area contributed by atoms with Gasteiger partial charge in [-0.1, -0.05) is 42.5 Å². The minimum atomic E-state index is -5.60. The van der Waals surface area contributed by atoms with Gasteiger partial charge in [0.1, 0.15) is 5.82 Å². The summed E-state index contributed by atoms with van der Waals surface area (Å²) in [7, 11) is -5.60. The summed E-state index contributed by atoms with van der Waals surface area (Å²) in [6.07, 6.45) is -2.09. The first-order valence-electron chi connectivity index (χ1n) is 10.8. The van der Waals surface area contributed by atoms with Gasteiger partial charge in [0.25, 0.3) is 0 Å². The molecule has 0 spiro atoms. The van der Waals surface area contributed by atoms with Gasteiger partial charge < -0.3 is 5.32 Å². The lowest BCUT2D eigenvalue weighted by Crippen LogP contribution is -2.30. The van der Waals surface area contributed by atoms with Crippen LogP contribution in [0.2, 0.25) is 0 Å². The minimum Gasteiger partial charge on any atom is -0.366 e. The zero-order chi connectivity index (χ0) is 26.1. The fourth-order valence-electron chi connectivity index (χ4n) is 3.88. The maximum Gasteiger partial charge on any atom is 0.516 e. The van der Waals surface area contributed by atoms with Crippen LogP contribution in [0.25, 0.3) is 11.1 Å². The predicted octanol–water partition coefficient (Wildman–Crippen LogP) is 5.91. The summed E-state index contributed by atoms with van der Waals surface area (Å²) in [5, 5.41) is 2.95. The summed E-state index contributed by atoms with van der Waals surface area (Å²) in [5.74, 6) is -1.07. The number of para-hydroxylation sites is 1. The van der Waals surface area contributed by atoms with Crippen LogP contribution in [0.1, 0.15) is 35.5 Å². The van der Waals surface area contributed by atoms with E-state index >= 15 is 0 Å². The third kappa shape index (κ3) is 5.55. The molecule has 4 rings (SSSR count). The van der Waals surface area contributed by atoms with Gasteiger partial charge in [-0.15, -0.1) is 0 Å². The smallest absolute Gasteiger partial charge is 0.366 e. The first kappa shape index (κ1) is 25.7. The number of nitrogens with zero attached hydrogens (tertiary/aromatic N) is 2. The Morgan fingerprint density at radius 2 is 1.53 bits per heavy atom. The highest BCUT2D eigenvalue weighted by Crippen LogP contribution is 2.34. The fraction of sp³-hybridized carbons (Fsp3) is 0.304. The van der Waals surface area contributed by atoms with Crippen LogP contribution in [0, 0.1) is 0 Å².